The van der Waals surface area contributed by atoms with Gasteiger partial charge in [-0.25, -0.2) is 12.8 Å². The summed E-state index contributed by atoms with van der Waals surface area (Å²) in [6.07, 6.45) is 0. The molecule has 7 heteroatoms. The normalized spacial score (nSPS) is 12.1. The monoisotopic (exact) mass is 311 g/mol. The highest BCUT2D eigenvalue weighted by Gasteiger charge is 2.23. The number of hydrogen-bond acceptors (Lipinski definition) is 3. The Kier molecular flexibility index (Phi) is 4.15. The first-order valence-electron chi connectivity index (χ1n) is 6.44. The molecule has 0 bridgehead atoms. The van der Waals surface area contributed by atoms with Gasteiger partial charge in [0.15, 0.2) is 0 Å². The van der Waals surface area contributed by atoms with Crippen LogP contribution < -0.4 is 0 Å². The molecule has 0 radical (unpaired) electrons. The average molecular weight is 311 g/mol. The number of halogens is 1. The lowest BCUT2D eigenvalue weighted by atomic mass is 10.2. The van der Waals surface area contributed by atoms with Crippen molar-refractivity contribution in [1.82, 2.24) is 14.1 Å². The van der Waals surface area contributed by atoms with Gasteiger partial charge in [0.25, 0.3) is 0 Å². The zero-order chi connectivity index (χ0) is 15.8. The Hall–Kier alpha value is -1.73. The van der Waals surface area contributed by atoms with E-state index in [-0.39, 0.29) is 11.4 Å². The van der Waals surface area contributed by atoms with Gasteiger partial charge in [0, 0.05) is 31.9 Å². The number of sulfonamides is 1. The van der Waals surface area contributed by atoms with Crippen LogP contribution in [-0.2, 0) is 23.6 Å². The van der Waals surface area contributed by atoms with Crippen LogP contribution in [0.3, 0.4) is 0 Å². The summed E-state index contributed by atoms with van der Waals surface area (Å²) in [4.78, 5) is 0.0746. The lowest BCUT2D eigenvalue weighted by Crippen LogP contribution is -2.27. The third kappa shape index (κ3) is 2.98. The van der Waals surface area contributed by atoms with E-state index >= 15 is 0 Å². The summed E-state index contributed by atoms with van der Waals surface area (Å²) in [5, 5.41) is 4.28. The molecule has 0 amide bonds. The highest BCUT2D eigenvalue weighted by atomic mass is 32.2. The predicted octanol–water partition coefficient (Wildman–Crippen LogP) is 2.00. The molecule has 0 saturated heterocycles. The predicted molar refractivity (Wildman–Crippen MR) is 77.7 cm³/mol. The van der Waals surface area contributed by atoms with Crippen LogP contribution in [0, 0.1) is 19.7 Å². The minimum absolute atomic E-state index is 0.0746. The van der Waals surface area contributed by atoms with Gasteiger partial charge >= 0.3 is 0 Å². The van der Waals surface area contributed by atoms with Gasteiger partial charge in [0.1, 0.15) is 5.82 Å². The van der Waals surface area contributed by atoms with E-state index in [4.69, 9.17) is 0 Å². The fourth-order valence-electron chi connectivity index (χ4n) is 2.14. The first-order valence-corrected chi connectivity index (χ1v) is 7.88. The highest BCUT2D eigenvalue weighted by Crippen LogP contribution is 2.20. The largest absolute Gasteiger partial charge is 0.272 e. The third-order valence-corrected chi connectivity index (χ3v) is 5.38. The maximum Gasteiger partial charge on any atom is 0.243 e. The van der Waals surface area contributed by atoms with Gasteiger partial charge < -0.3 is 0 Å². The molecule has 5 nitrogen and oxygen atoms in total. The first-order chi connectivity index (χ1) is 9.73. The van der Waals surface area contributed by atoms with Crippen molar-refractivity contribution in [2.24, 2.45) is 7.05 Å². The molecule has 1 aromatic heterocycles. The molecular weight excluding hydrogens is 293 g/mol. The van der Waals surface area contributed by atoms with Crippen LogP contribution in [0.5, 0.6) is 0 Å². The summed E-state index contributed by atoms with van der Waals surface area (Å²) < 4.78 is 40.8. The summed E-state index contributed by atoms with van der Waals surface area (Å²) >= 11 is 0. The van der Waals surface area contributed by atoms with Crippen molar-refractivity contribution in [1.29, 1.82) is 0 Å². The van der Waals surface area contributed by atoms with Gasteiger partial charge in [-0.1, -0.05) is 0 Å². The van der Waals surface area contributed by atoms with E-state index in [1.807, 2.05) is 20.9 Å². The summed E-state index contributed by atoms with van der Waals surface area (Å²) in [7, 11) is -0.324. The van der Waals surface area contributed by atoms with Crippen LogP contribution in [-0.4, -0.2) is 29.6 Å². The van der Waals surface area contributed by atoms with E-state index in [2.05, 4.69) is 5.10 Å². The van der Waals surface area contributed by atoms with Crippen LogP contribution >= 0.6 is 0 Å². The minimum atomic E-state index is -3.65. The second kappa shape index (κ2) is 5.57. The van der Waals surface area contributed by atoms with Crippen molar-refractivity contribution in [3.05, 3.63) is 47.0 Å². The summed E-state index contributed by atoms with van der Waals surface area (Å²) in [6.45, 7) is 3.97. The molecule has 0 aliphatic heterocycles. The molecule has 2 aromatic rings. The van der Waals surface area contributed by atoms with Crippen LogP contribution in [0.4, 0.5) is 4.39 Å². The number of benzene rings is 1. The second-order valence-corrected chi connectivity index (χ2v) is 7.03. The second-order valence-electron chi connectivity index (χ2n) is 4.99. The smallest absolute Gasteiger partial charge is 0.243 e. The van der Waals surface area contributed by atoms with Gasteiger partial charge in [0.05, 0.1) is 10.6 Å². The molecule has 1 aromatic carbocycles. The maximum absolute atomic E-state index is 12.9. The number of rotatable bonds is 4. The Balaban J connectivity index is 2.30. The van der Waals surface area contributed by atoms with E-state index in [1.165, 1.54) is 23.5 Å². The van der Waals surface area contributed by atoms with Crippen molar-refractivity contribution in [2.45, 2.75) is 25.3 Å². The van der Waals surface area contributed by atoms with Crippen molar-refractivity contribution in [2.75, 3.05) is 7.05 Å². The van der Waals surface area contributed by atoms with Crippen LogP contribution in [0.15, 0.2) is 29.2 Å². The summed E-state index contributed by atoms with van der Waals surface area (Å²) in [6, 6.07) is 4.82. The maximum atomic E-state index is 12.9. The number of nitrogens with zero attached hydrogens (tertiary/aromatic N) is 3. The van der Waals surface area contributed by atoms with Gasteiger partial charge in [-0.05, 0) is 38.1 Å². The number of aromatic nitrogens is 2. The van der Waals surface area contributed by atoms with E-state index in [0.717, 1.165) is 29.1 Å². The van der Waals surface area contributed by atoms with E-state index < -0.39 is 15.8 Å². The fraction of sp³-hybridized carbons (Fsp3) is 0.357. The number of aryl methyl sites for hydroxylation is 2. The van der Waals surface area contributed by atoms with E-state index in [0.29, 0.717) is 0 Å². The Morgan fingerprint density at radius 3 is 2.29 bits per heavy atom. The van der Waals surface area contributed by atoms with Crippen molar-refractivity contribution >= 4 is 10.0 Å². The summed E-state index contributed by atoms with van der Waals surface area (Å²) in [5.74, 6) is -0.462. The zero-order valence-corrected chi connectivity index (χ0v) is 13.3. The van der Waals surface area contributed by atoms with Gasteiger partial charge in [0.2, 0.25) is 10.0 Å². The molecule has 0 saturated carbocycles. The van der Waals surface area contributed by atoms with E-state index in [9.17, 15) is 12.8 Å². The summed E-state index contributed by atoms with van der Waals surface area (Å²) in [5.41, 5.74) is 2.61. The molecule has 0 N–H and O–H groups in total. The van der Waals surface area contributed by atoms with Crippen LogP contribution in [0.25, 0.3) is 0 Å². The molecule has 2 rings (SSSR count). The molecule has 21 heavy (non-hydrogen) atoms. The zero-order valence-electron chi connectivity index (χ0n) is 12.5. The molecule has 0 atom stereocenters. The van der Waals surface area contributed by atoms with Gasteiger partial charge in [-0.15, -0.1) is 0 Å². The van der Waals surface area contributed by atoms with Crippen molar-refractivity contribution in [3.63, 3.8) is 0 Å². The van der Waals surface area contributed by atoms with Gasteiger partial charge in [-0.3, -0.25) is 4.68 Å². The van der Waals surface area contributed by atoms with Gasteiger partial charge in [-0.2, -0.15) is 9.40 Å². The fourth-order valence-corrected chi connectivity index (χ4v) is 3.28. The Morgan fingerprint density at radius 2 is 1.81 bits per heavy atom. The van der Waals surface area contributed by atoms with E-state index in [1.54, 1.807) is 4.68 Å². The third-order valence-electron chi connectivity index (χ3n) is 3.56. The first kappa shape index (κ1) is 15.7. The lowest BCUT2D eigenvalue weighted by Gasteiger charge is -2.17. The molecule has 0 unspecified atom stereocenters. The Labute approximate surface area is 124 Å². The molecule has 0 aliphatic rings. The lowest BCUT2D eigenvalue weighted by molar-refractivity contribution is 0.465. The Bertz CT molecular complexity index is 751. The quantitative estimate of drug-likeness (QED) is 0.868. The van der Waals surface area contributed by atoms with Crippen molar-refractivity contribution in [3.8, 4) is 0 Å². The average Bonchev–Trinajstić information content (AvgIpc) is 2.65. The minimum Gasteiger partial charge on any atom is -0.272 e. The number of hydrogen-bond donors (Lipinski definition) is 0. The topological polar surface area (TPSA) is 55.2 Å². The molecule has 0 fully saturated rings. The molecule has 114 valence electrons. The highest BCUT2D eigenvalue weighted by molar-refractivity contribution is 7.89. The van der Waals surface area contributed by atoms with Crippen molar-refractivity contribution < 1.29 is 12.8 Å². The van der Waals surface area contributed by atoms with Crippen LogP contribution in [0.2, 0.25) is 0 Å². The standard InChI is InChI=1S/C14H18FN3O2S/c1-10-14(11(2)18(4)16-10)9-17(3)21(19,20)13-7-5-12(15)6-8-13/h5-8H,9H2,1-4H3. The molecule has 1 heterocycles. The molecule has 0 aliphatic carbocycles. The molecular formula is C14H18FN3O2S. The SMILES string of the molecule is Cc1nn(C)c(C)c1CN(C)S(=O)(=O)c1ccc(F)cc1. The Morgan fingerprint density at radius 1 is 1.24 bits per heavy atom. The molecule has 0 spiro atoms. The van der Waals surface area contributed by atoms with Crippen LogP contribution in [0.1, 0.15) is 17.0 Å².